The summed E-state index contributed by atoms with van der Waals surface area (Å²) >= 11 is 0. The van der Waals surface area contributed by atoms with Crippen LogP contribution in [0.4, 0.5) is 4.39 Å². The molecule has 0 saturated carbocycles. The van der Waals surface area contributed by atoms with Gasteiger partial charge in [-0.05, 0) is 37.0 Å². The molecular formula is C15H15FN2O2. The summed E-state index contributed by atoms with van der Waals surface area (Å²) in [6.07, 6.45) is 2.64. The van der Waals surface area contributed by atoms with E-state index in [1.807, 2.05) is 6.07 Å². The van der Waals surface area contributed by atoms with Crippen LogP contribution in [-0.4, -0.2) is 28.1 Å². The fourth-order valence-electron chi connectivity index (χ4n) is 3.58. The largest absolute Gasteiger partial charge is 0.481 e. The maximum atomic E-state index is 13.3. The van der Waals surface area contributed by atoms with E-state index >= 15 is 0 Å². The molecule has 2 aliphatic heterocycles. The van der Waals surface area contributed by atoms with Gasteiger partial charge in [0.1, 0.15) is 11.9 Å². The number of fused-ring (bicyclic) bond motifs is 2. The predicted molar refractivity (Wildman–Crippen MR) is 69.2 cm³/mol. The molecule has 2 saturated heterocycles. The fraction of sp³-hybridized carbons (Fsp3) is 0.467. The number of carbonyl (C=O) groups is 1. The molecule has 0 amide bonds. The lowest BCUT2D eigenvalue weighted by Gasteiger charge is -2.22. The Morgan fingerprint density at radius 1 is 1.50 bits per heavy atom. The van der Waals surface area contributed by atoms with Crippen LogP contribution in [0.2, 0.25) is 0 Å². The summed E-state index contributed by atoms with van der Waals surface area (Å²) in [7, 11) is 0. The first-order valence-corrected chi connectivity index (χ1v) is 6.77. The van der Waals surface area contributed by atoms with Crippen LogP contribution in [0.3, 0.4) is 0 Å². The highest BCUT2D eigenvalue weighted by atomic mass is 19.1. The average molecular weight is 274 g/mol. The molecule has 3 unspecified atom stereocenters. The van der Waals surface area contributed by atoms with Crippen LogP contribution in [0.5, 0.6) is 0 Å². The zero-order valence-electron chi connectivity index (χ0n) is 10.9. The Morgan fingerprint density at radius 3 is 2.95 bits per heavy atom. The molecule has 0 spiro atoms. The molecule has 2 aliphatic rings. The van der Waals surface area contributed by atoms with Crippen molar-refractivity contribution in [2.75, 3.05) is 0 Å². The molecule has 5 heteroatoms. The van der Waals surface area contributed by atoms with Gasteiger partial charge in [-0.15, -0.1) is 0 Å². The fourth-order valence-corrected chi connectivity index (χ4v) is 3.58. The Balaban J connectivity index is 1.79. The minimum atomic E-state index is -0.723. The van der Waals surface area contributed by atoms with Crippen molar-refractivity contribution in [3.05, 3.63) is 35.1 Å². The third kappa shape index (κ3) is 2.06. The van der Waals surface area contributed by atoms with Crippen LogP contribution < -0.4 is 0 Å². The van der Waals surface area contributed by atoms with E-state index in [-0.39, 0.29) is 17.5 Å². The third-order valence-electron chi connectivity index (χ3n) is 4.51. The summed E-state index contributed by atoms with van der Waals surface area (Å²) in [4.78, 5) is 13.4. The lowest BCUT2D eigenvalue weighted by Crippen LogP contribution is -2.32. The van der Waals surface area contributed by atoms with Crippen molar-refractivity contribution >= 4 is 5.97 Å². The summed E-state index contributed by atoms with van der Waals surface area (Å²) in [5.74, 6) is -1.52. The molecule has 1 N–H and O–H groups in total. The molecule has 0 aromatic heterocycles. The van der Waals surface area contributed by atoms with E-state index in [9.17, 15) is 14.3 Å². The van der Waals surface area contributed by atoms with Gasteiger partial charge in [0.05, 0.1) is 11.5 Å². The zero-order valence-corrected chi connectivity index (χ0v) is 10.9. The van der Waals surface area contributed by atoms with Crippen LogP contribution >= 0.6 is 0 Å². The number of nitrogens with zero attached hydrogens (tertiary/aromatic N) is 2. The molecule has 3 atom stereocenters. The Morgan fingerprint density at radius 2 is 2.30 bits per heavy atom. The van der Waals surface area contributed by atoms with Crippen LogP contribution in [0.1, 0.15) is 30.4 Å². The van der Waals surface area contributed by atoms with Gasteiger partial charge in [-0.25, -0.2) is 4.39 Å². The molecule has 2 bridgehead atoms. The molecule has 20 heavy (non-hydrogen) atoms. The van der Waals surface area contributed by atoms with Crippen molar-refractivity contribution in [2.24, 2.45) is 5.92 Å². The van der Waals surface area contributed by atoms with E-state index in [1.54, 1.807) is 12.1 Å². The SMILES string of the molecule is N#Cc1cc(CN2C3CCC2C(C(=O)O)C3)ccc1F. The van der Waals surface area contributed by atoms with Gasteiger partial charge in [-0.2, -0.15) is 5.26 Å². The molecule has 2 heterocycles. The summed E-state index contributed by atoms with van der Waals surface area (Å²) in [5.41, 5.74) is 0.912. The van der Waals surface area contributed by atoms with Crippen molar-refractivity contribution in [2.45, 2.75) is 37.9 Å². The van der Waals surface area contributed by atoms with E-state index in [2.05, 4.69) is 4.90 Å². The second-order valence-electron chi connectivity index (χ2n) is 5.58. The van der Waals surface area contributed by atoms with Crippen molar-refractivity contribution in [1.82, 2.24) is 4.90 Å². The monoisotopic (exact) mass is 274 g/mol. The number of carboxylic acid groups (broad SMARTS) is 1. The summed E-state index contributed by atoms with van der Waals surface area (Å²) < 4.78 is 13.3. The Bertz CT molecular complexity index is 596. The maximum absolute atomic E-state index is 13.3. The standard InChI is InChI=1S/C15H15FN2O2/c16-13-3-1-9(5-10(13)7-17)8-18-11-2-4-14(18)12(6-11)15(19)20/h1,3,5,11-12,14H,2,4,6,8H2,(H,19,20). The van der Waals surface area contributed by atoms with E-state index in [4.69, 9.17) is 5.26 Å². The first-order valence-electron chi connectivity index (χ1n) is 6.77. The Kier molecular flexibility index (Phi) is 3.19. The number of carboxylic acids is 1. The molecule has 1 aromatic carbocycles. The first kappa shape index (κ1) is 13.1. The van der Waals surface area contributed by atoms with Crippen LogP contribution in [0.25, 0.3) is 0 Å². The van der Waals surface area contributed by atoms with E-state index in [0.717, 1.165) is 18.4 Å². The normalized spacial score (nSPS) is 28.5. The maximum Gasteiger partial charge on any atom is 0.308 e. The number of halogens is 1. The molecule has 104 valence electrons. The van der Waals surface area contributed by atoms with E-state index < -0.39 is 11.8 Å². The third-order valence-corrected chi connectivity index (χ3v) is 4.51. The molecule has 0 radical (unpaired) electrons. The molecule has 0 aliphatic carbocycles. The minimum absolute atomic E-state index is 0.0452. The van der Waals surface area contributed by atoms with Crippen molar-refractivity contribution in [3.63, 3.8) is 0 Å². The minimum Gasteiger partial charge on any atom is -0.481 e. The smallest absolute Gasteiger partial charge is 0.308 e. The Hall–Kier alpha value is -1.93. The number of hydrogen-bond acceptors (Lipinski definition) is 3. The van der Waals surface area contributed by atoms with Crippen LogP contribution in [0.15, 0.2) is 18.2 Å². The molecule has 3 rings (SSSR count). The van der Waals surface area contributed by atoms with Crippen molar-refractivity contribution in [1.29, 1.82) is 5.26 Å². The van der Waals surface area contributed by atoms with Gasteiger partial charge in [0.2, 0.25) is 0 Å². The van der Waals surface area contributed by atoms with Gasteiger partial charge in [-0.3, -0.25) is 9.69 Å². The van der Waals surface area contributed by atoms with Gasteiger partial charge in [0.15, 0.2) is 0 Å². The second-order valence-corrected chi connectivity index (χ2v) is 5.58. The van der Waals surface area contributed by atoms with Crippen molar-refractivity contribution in [3.8, 4) is 6.07 Å². The molecular weight excluding hydrogens is 259 g/mol. The van der Waals surface area contributed by atoms with Gasteiger partial charge in [0.25, 0.3) is 0 Å². The Labute approximate surface area is 116 Å². The van der Waals surface area contributed by atoms with Crippen molar-refractivity contribution < 1.29 is 14.3 Å². The predicted octanol–water partition coefficient (Wildman–Crippen LogP) is 2.13. The summed E-state index contributed by atoms with van der Waals surface area (Å²) in [6.45, 7) is 0.591. The molecule has 1 aromatic rings. The number of nitriles is 1. The highest BCUT2D eigenvalue weighted by molar-refractivity contribution is 5.71. The highest BCUT2D eigenvalue weighted by Gasteiger charge is 2.48. The number of hydrogen-bond donors (Lipinski definition) is 1. The van der Waals surface area contributed by atoms with E-state index in [0.29, 0.717) is 19.0 Å². The topological polar surface area (TPSA) is 64.3 Å². The van der Waals surface area contributed by atoms with E-state index in [1.165, 1.54) is 6.07 Å². The lowest BCUT2D eigenvalue weighted by atomic mass is 9.89. The van der Waals surface area contributed by atoms with Gasteiger partial charge < -0.3 is 5.11 Å². The molecule has 2 fully saturated rings. The quantitative estimate of drug-likeness (QED) is 0.917. The zero-order chi connectivity index (χ0) is 14.3. The second kappa shape index (κ2) is 4.88. The summed E-state index contributed by atoms with van der Waals surface area (Å²) in [6, 6.07) is 6.75. The number of rotatable bonds is 3. The van der Waals surface area contributed by atoms with Gasteiger partial charge in [-0.1, -0.05) is 6.07 Å². The van der Waals surface area contributed by atoms with Gasteiger partial charge >= 0.3 is 5.97 Å². The highest BCUT2D eigenvalue weighted by Crippen LogP contribution is 2.42. The average Bonchev–Trinajstić information content (AvgIpc) is 2.98. The first-order chi connectivity index (χ1) is 9.60. The summed E-state index contributed by atoms with van der Waals surface area (Å²) in [5, 5.41) is 18.1. The number of benzene rings is 1. The molecule has 4 nitrogen and oxygen atoms in total. The van der Waals surface area contributed by atoms with Gasteiger partial charge in [0, 0.05) is 18.6 Å². The van der Waals surface area contributed by atoms with Crippen LogP contribution in [-0.2, 0) is 11.3 Å². The number of aliphatic carboxylic acids is 1. The van der Waals surface area contributed by atoms with Crippen LogP contribution in [0, 0.1) is 23.1 Å². The lowest BCUT2D eigenvalue weighted by molar-refractivity contribution is -0.142.